The third-order valence-electron chi connectivity index (χ3n) is 1.72. The first kappa shape index (κ1) is 12.8. The van der Waals surface area contributed by atoms with Crippen molar-refractivity contribution in [3.63, 3.8) is 0 Å². The van der Waals surface area contributed by atoms with E-state index >= 15 is 0 Å². The molecule has 1 aromatic rings. The van der Waals surface area contributed by atoms with Crippen LogP contribution in [-0.4, -0.2) is 11.4 Å². The number of nitrogens with zero attached hydrogens (tertiary/aromatic N) is 3. The zero-order chi connectivity index (χ0) is 9.68. The van der Waals surface area contributed by atoms with Crippen molar-refractivity contribution in [1.82, 2.24) is 0 Å². The maximum atomic E-state index is 8.72. The van der Waals surface area contributed by atoms with Gasteiger partial charge in [-0.05, 0) is 5.56 Å². The van der Waals surface area contributed by atoms with E-state index in [1.807, 2.05) is 42.2 Å². The summed E-state index contributed by atoms with van der Waals surface area (Å²) < 4.78 is 1.87. The van der Waals surface area contributed by atoms with E-state index in [9.17, 15) is 0 Å². The lowest BCUT2D eigenvalue weighted by atomic mass is 10.0. The highest BCUT2D eigenvalue weighted by Gasteiger charge is 2.08. The Morgan fingerprint density at radius 3 is 2.57 bits per heavy atom. The highest BCUT2D eigenvalue weighted by atomic mass is 127. The molecule has 0 bridgehead atoms. The Bertz CT molecular complexity index is 342. The average Bonchev–Trinajstić information content (AvgIpc) is 2.16. The topological polar surface area (TPSA) is 60.3 Å². The summed E-state index contributed by atoms with van der Waals surface area (Å²) in [6, 6.07) is 5.65. The van der Waals surface area contributed by atoms with Gasteiger partial charge in [0.1, 0.15) is 13.0 Å². The largest absolute Gasteiger partial charge is 1.00 e. The first-order valence-corrected chi connectivity index (χ1v) is 3.80. The standard InChI is InChI=1S/C9H9N3O.HI/c1-12-4-2-8(3-5-12)9(6-10)7-11-13;/h2-5,7,9H,1H3;1H/b11-7-;. The van der Waals surface area contributed by atoms with Gasteiger partial charge in [-0.1, -0.05) is 0 Å². The van der Waals surface area contributed by atoms with Crippen LogP contribution in [0, 0.1) is 11.3 Å². The van der Waals surface area contributed by atoms with Crippen molar-refractivity contribution in [2.24, 2.45) is 12.2 Å². The number of aryl methyl sites for hydroxylation is 1. The average molecular weight is 303 g/mol. The van der Waals surface area contributed by atoms with Crippen LogP contribution in [0.5, 0.6) is 0 Å². The number of hydrogen-bond donors (Lipinski definition) is 1. The third-order valence-corrected chi connectivity index (χ3v) is 1.72. The zero-order valence-electron chi connectivity index (χ0n) is 7.63. The van der Waals surface area contributed by atoms with E-state index < -0.39 is 5.92 Å². The minimum atomic E-state index is -0.480. The lowest BCUT2D eigenvalue weighted by Gasteiger charge is -1.99. The van der Waals surface area contributed by atoms with Gasteiger partial charge in [0.25, 0.3) is 0 Å². The van der Waals surface area contributed by atoms with Gasteiger partial charge in [0, 0.05) is 12.1 Å². The van der Waals surface area contributed by atoms with Crippen molar-refractivity contribution in [2.75, 3.05) is 0 Å². The summed E-state index contributed by atoms with van der Waals surface area (Å²) in [6.07, 6.45) is 4.88. The summed E-state index contributed by atoms with van der Waals surface area (Å²) in [5.74, 6) is -0.480. The van der Waals surface area contributed by atoms with Crippen molar-refractivity contribution in [2.45, 2.75) is 5.92 Å². The van der Waals surface area contributed by atoms with Crippen LogP contribution in [0.15, 0.2) is 29.7 Å². The fraction of sp³-hybridized carbons (Fsp3) is 0.222. The molecule has 5 heteroatoms. The third kappa shape index (κ3) is 3.30. The quantitative estimate of drug-likeness (QED) is 0.217. The van der Waals surface area contributed by atoms with Gasteiger partial charge in [0.15, 0.2) is 12.4 Å². The lowest BCUT2D eigenvalue weighted by Crippen LogP contribution is -3.00. The molecule has 1 N–H and O–H groups in total. The molecule has 0 saturated carbocycles. The fourth-order valence-corrected chi connectivity index (χ4v) is 0.980. The first-order valence-electron chi connectivity index (χ1n) is 3.80. The second-order valence-corrected chi connectivity index (χ2v) is 2.67. The van der Waals surface area contributed by atoms with Crippen LogP contribution < -0.4 is 28.5 Å². The van der Waals surface area contributed by atoms with Crippen LogP contribution in [0.3, 0.4) is 0 Å². The number of aromatic nitrogens is 1. The van der Waals surface area contributed by atoms with Crippen LogP contribution in [0.1, 0.15) is 11.5 Å². The molecule has 1 aromatic heterocycles. The summed E-state index contributed by atoms with van der Waals surface area (Å²) in [4.78, 5) is 0. The summed E-state index contributed by atoms with van der Waals surface area (Å²) in [6.45, 7) is 0. The van der Waals surface area contributed by atoms with Crippen molar-refractivity contribution in [3.05, 3.63) is 30.1 Å². The predicted octanol–water partition coefficient (Wildman–Crippen LogP) is -2.42. The second-order valence-electron chi connectivity index (χ2n) is 2.67. The maximum absolute atomic E-state index is 8.72. The molecule has 1 atom stereocenters. The van der Waals surface area contributed by atoms with E-state index in [4.69, 9.17) is 10.5 Å². The summed E-state index contributed by atoms with van der Waals surface area (Å²) >= 11 is 0. The molecule has 74 valence electrons. The summed E-state index contributed by atoms with van der Waals surface area (Å²) in [5.41, 5.74) is 0.818. The van der Waals surface area contributed by atoms with Gasteiger partial charge < -0.3 is 29.2 Å². The number of oxime groups is 1. The van der Waals surface area contributed by atoms with Gasteiger partial charge in [0.05, 0.1) is 12.3 Å². The van der Waals surface area contributed by atoms with Crippen LogP contribution in [0.25, 0.3) is 0 Å². The van der Waals surface area contributed by atoms with Crippen molar-refractivity contribution >= 4 is 6.21 Å². The van der Waals surface area contributed by atoms with E-state index in [0.29, 0.717) is 0 Å². The molecule has 1 unspecified atom stereocenters. The van der Waals surface area contributed by atoms with E-state index in [-0.39, 0.29) is 24.0 Å². The van der Waals surface area contributed by atoms with Crippen LogP contribution >= 0.6 is 0 Å². The molecule has 1 heterocycles. The maximum Gasteiger partial charge on any atom is 0.168 e. The zero-order valence-corrected chi connectivity index (χ0v) is 9.79. The van der Waals surface area contributed by atoms with E-state index in [1.54, 1.807) is 0 Å². The molecule has 1 rings (SSSR count). The fourth-order valence-electron chi connectivity index (χ4n) is 0.980. The van der Waals surface area contributed by atoms with Crippen LogP contribution in [0.4, 0.5) is 0 Å². The van der Waals surface area contributed by atoms with Gasteiger partial charge in [-0.15, -0.1) is 5.16 Å². The molecule has 4 nitrogen and oxygen atoms in total. The van der Waals surface area contributed by atoms with Crippen molar-refractivity contribution in [3.8, 4) is 6.07 Å². The Kier molecular flexibility index (Phi) is 5.79. The smallest absolute Gasteiger partial charge is 0.168 e. The lowest BCUT2D eigenvalue weighted by molar-refractivity contribution is -0.671. The van der Waals surface area contributed by atoms with E-state index in [0.717, 1.165) is 5.56 Å². The van der Waals surface area contributed by atoms with Gasteiger partial charge in [0.2, 0.25) is 0 Å². The predicted molar refractivity (Wildman–Crippen MR) is 46.3 cm³/mol. The first-order chi connectivity index (χ1) is 6.27. The molecule has 0 aliphatic carbocycles. The molecule has 0 radical (unpaired) electrons. The van der Waals surface area contributed by atoms with Crippen LogP contribution in [-0.2, 0) is 7.05 Å². The highest BCUT2D eigenvalue weighted by molar-refractivity contribution is 5.70. The SMILES string of the molecule is C[n+]1ccc(C(C#N)/C=N\O)cc1.[I-]. The molecule has 0 aliphatic heterocycles. The molecular formula is C9H10IN3O. The molecule has 0 fully saturated rings. The Morgan fingerprint density at radius 2 is 2.14 bits per heavy atom. The Labute approximate surface area is 99.5 Å². The number of halogens is 1. The molecule has 14 heavy (non-hydrogen) atoms. The van der Waals surface area contributed by atoms with E-state index in [2.05, 4.69) is 5.16 Å². The Hall–Kier alpha value is -1.16. The molecule has 0 saturated heterocycles. The van der Waals surface area contributed by atoms with Gasteiger partial charge in [-0.25, -0.2) is 4.57 Å². The number of rotatable bonds is 2. The highest BCUT2D eigenvalue weighted by Crippen LogP contribution is 2.09. The monoisotopic (exact) mass is 303 g/mol. The Morgan fingerprint density at radius 1 is 1.57 bits per heavy atom. The summed E-state index contributed by atoms with van der Waals surface area (Å²) in [5, 5.41) is 19.9. The number of nitriles is 1. The van der Waals surface area contributed by atoms with Gasteiger partial charge >= 0.3 is 0 Å². The van der Waals surface area contributed by atoms with Gasteiger partial charge in [-0.3, -0.25) is 0 Å². The molecule has 0 spiro atoms. The second kappa shape index (κ2) is 6.32. The van der Waals surface area contributed by atoms with Gasteiger partial charge in [-0.2, -0.15) is 5.26 Å². The minimum absolute atomic E-state index is 0. The van der Waals surface area contributed by atoms with Crippen molar-refractivity contribution in [1.29, 1.82) is 5.26 Å². The molecule has 0 amide bonds. The summed E-state index contributed by atoms with van der Waals surface area (Å²) in [7, 11) is 1.89. The number of pyridine rings is 1. The minimum Gasteiger partial charge on any atom is -1.00 e. The Balaban J connectivity index is 0.00000169. The van der Waals surface area contributed by atoms with Crippen molar-refractivity contribution < 1.29 is 33.8 Å². The number of hydrogen-bond acceptors (Lipinski definition) is 3. The molecular weight excluding hydrogens is 293 g/mol. The van der Waals surface area contributed by atoms with E-state index in [1.165, 1.54) is 6.21 Å². The molecule has 0 aliphatic rings. The normalized spacial score (nSPS) is 11.7. The molecule has 0 aromatic carbocycles. The van der Waals surface area contributed by atoms with Crippen LogP contribution in [0.2, 0.25) is 0 Å².